The number of anilines is 1. The summed E-state index contributed by atoms with van der Waals surface area (Å²) in [7, 11) is 0. The van der Waals surface area contributed by atoms with Crippen LogP contribution in [0, 0.1) is 5.92 Å². The minimum atomic E-state index is -0.186. The van der Waals surface area contributed by atoms with Crippen LogP contribution in [0.15, 0.2) is 12.4 Å². The molecule has 0 aromatic carbocycles. The van der Waals surface area contributed by atoms with Crippen LogP contribution in [0.1, 0.15) is 20.8 Å². The van der Waals surface area contributed by atoms with E-state index in [1.165, 1.54) is 0 Å². The lowest BCUT2D eigenvalue weighted by atomic mass is 10.0. The van der Waals surface area contributed by atoms with Crippen LogP contribution in [0.25, 0.3) is 0 Å². The maximum absolute atomic E-state index is 12.0. The molecule has 0 spiro atoms. The molecule has 22 heavy (non-hydrogen) atoms. The molecule has 2 rings (SSSR count). The number of urea groups is 1. The van der Waals surface area contributed by atoms with Gasteiger partial charge in [-0.2, -0.15) is 5.10 Å². The zero-order valence-electron chi connectivity index (χ0n) is 13.7. The Morgan fingerprint density at radius 1 is 1.41 bits per heavy atom. The summed E-state index contributed by atoms with van der Waals surface area (Å²) < 4.78 is 7.17. The minimum absolute atomic E-state index is 0.186. The topological polar surface area (TPSA) is 71.4 Å². The van der Waals surface area contributed by atoms with E-state index in [2.05, 4.69) is 34.5 Å². The first-order valence-electron chi connectivity index (χ1n) is 7.99. The monoisotopic (exact) mass is 309 g/mol. The van der Waals surface area contributed by atoms with Crippen molar-refractivity contribution < 1.29 is 9.53 Å². The molecule has 1 saturated heterocycles. The van der Waals surface area contributed by atoms with Gasteiger partial charge in [0.1, 0.15) is 0 Å². The molecule has 1 aromatic heterocycles. The standard InChI is InChI=1S/C15H27N5O2/c1-4-20-11-13(9-17-20)18-15(21)16-10-14(12(2)3)19-5-7-22-8-6-19/h9,11-12,14H,4-8,10H2,1-3H3,(H2,16,18,21)/t14-/m1/s1. The quantitative estimate of drug-likeness (QED) is 0.833. The van der Waals surface area contributed by atoms with Gasteiger partial charge >= 0.3 is 6.03 Å². The molecular formula is C15H27N5O2. The number of nitrogens with one attached hydrogen (secondary N) is 2. The summed E-state index contributed by atoms with van der Waals surface area (Å²) in [4.78, 5) is 14.4. The Morgan fingerprint density at radius 2 is 2.14 bits per heavy atom. The summed E-state index contributed by atoms with van der Waals surface area (Å²) in [5.74, 6) is 0.473. The molecule has 2 amide bonds. The summed E-state index contributed by atoms with van der Waals surface area (Å²) in [6, 6.07) is 0.141. The number of hydrogen-bond acceptors (Lipinski definition) is 4. The van der Waals surface area contributed by atoms with Gasteiger partial charge in [-0.05, 0) is 12.8 Å². The Balaban J connectivity index is 1.81. The van der Waals surface area contributed by atoms with Crippen LogP contribution in [-0.4, -0.2) is 59.6 Å². The van der Waals surface area contributed by atoms with Crippen molar-refractivity contribution >= 4 is 11.7 Å². The Morgan fingerprint density at radius 3 is 2.73 bits per heavy atom. The second-order valence-corrected chi connectivity index (χ2v) is 5.88. The van der Waals surface area contributed by atoms with Crippen molar-refractivity contribution in [3.63, 3.8) is 0 Å². The molecule has 7 heteroatoms. The molecule has 0 unspecified atom stereocenters. The fourth-order valence-electron chi connectivity index (χ4n) is 2.67. The number of morpholine rings is 1. The van der Waals surface area contributed by atoms with Crippen LogP contribution in [0.5, 0.6) is 0 Å². The summed E-state index contributed by atoms with van der Waals surface area (Å²) in [6.07, 6.45) is 3.48. The summed E-state index contributed by atoms with van der Waals surface area (Å²) in [6.45, 7) is 11.2. The first kappa shape index (κ1) is 16.8. The van der Waals surface area contributed by atoms with E-state index in [1.807, 2.05) is 13.1 Å². The zero-order valence-corrected chi connectivity index (χ0v) is 13.7. The van der Waals surface area contributed by atoms with Crippen molar-refractivity contribution in [2.75, 3.05) is 38.2 Å². The minimum Gasteiger partial charge on any atom is -0.379 e. The van der Waals surface area contributed by atoms with Gasteiger partial charge < -0.3 is 15.4 Å². The second kappa shape index (κ2) is 8.14. The average molecular weight is 309 g/mol. The molecule has 1 atom stereocenters. The molecule has 1 fully saturated rings. The highest BCUT2D eigenvalue weighted by molar-refractivity contribution is 5.88. The molecule has 7 nitrogen and oxygen atoms in total. The van der Waals surface area contributed by atoms with Gasteiger partial charge in [-0.25, -0.2) is 4.79 Å². The molecule has 2 N–H and O–H groups in total. The lowest BCUT2D eigenvalue weighted by Gasteiger charge is -2.36. The number of aryl methyl sites for hydroxylation is 1. The van der Waals surface area contributed by atoms with E-state index < -0.39 is 0 Å². The lowest BCUT2D eigenvalue weighted by molar-refractivity contribution is 0.00728. The zero-order chi connectivity index (χ0) is 15.9. The number of carbonyl (C=O) groups is 1. The van der Waals surface area contributed by atoms with Crippen molar-refractivity contribution in [2.45, 2.75) is 33.4 Å². The largest absolute Gasteiger partial charge is 0.379 e. The van der Waals surface area contributed by atoms with Crippen LogP contribution in [0.4, 0.5) is 10.5 Å². The van der Waals surface area contributed by atoms with Crippen LogP contribution in [0.2, 0.25) is 0 Å². The van der Waals surface area contributed by atoms with Gasteiger partial charge in [0.2, 0.25) is 0 Å². The maximum Gasteiger partial charge on any atom is 0.319 e. The van der Waals surface area contributed by atoms with Crippen LogP contribution in [0.3, 0.4) is 0 Å². The number of rotatable bonds is 6. The Bertz CT molecular complexity index is 468. The predicted octanol–water partition coefficient (Wildman–Crippen LogP) is 1.38. The van der Waals surface area contributed by atoms with Crippen LogP contribution < -0.4 is 10.6 Å². The van der Waals surface area contributed by atoms with Gasteiger partial charge in [-0.3, -0.25) is 9.58 Å². The number of nitrogens with zero attached hydrogens (tertiary/aromatic N) is 3. The highest BCUT2D eigenvalue weighted by Gasteiger charge is 2.24. The van der Waals surface area contributed by atoms with Gasteiger partial charge in [0.25, 0.3) is 0 Å². The van der Waals surface area contributed by atoms with E-state index >= 15 is 0 Å². The first-order chi connectivity index (χ1) is 10.6. The molecule has 1 aliphatic heterocycles. The number of aromatic nitrogens is 2. The molecule has 0 radical (unpaired) electrons. The lowest BCUT2D eigenvalue weighted by Crippen LogP contribution is -2.51. The smallest absolute Gasteiger partial charge is 0.319 e. The number of carbonyl (C=O) groups excluding carboxylic acids is 1. The molecular weight excluding hydrogens is 282 g/mol. The van der Waals surface area contributed by atoms with Crippen molar-refractivity contribution in [2.24, 2.45) is 5.92 Å². The van der Waals surface area contributed by atoms with Crippen molar-refractivity contribution in [1.82, 2.24) is 20.0 Å². The van der Waals surface area contributed by atoms with Gasteiger partial charge in [0.05, 0.1) is 25.1 Å². The van der Waals surface area contributed by atoms with Gasteiger partial charge in [0.15, 0.2) is 0 Å². The third kappa shape index (κ3) is 4.71. The molecule has 2 heterocycles. The molecule has 1 aliphatic rings. The number of hydrogen-bond donors (Lipinski definition) is 2. The van der Waals surface area contributed by atoms with E-state index in [0.717, 1.165) is 32.8 Å². The molecule has 0 aliphatic carbocycles. The van der Waals surface area contributed by atoms with E-state index in [-0.39, 0.29) is 6.03 Å². The van der Waals surface area contributed by atoms with Crippen LogP contribution in [-0.2, 0) is 11.3 Å². The molecule has 0 bridgehead atoms. The van der Waals surface area contributed by atoms with E-state index in [9.17, 15) is 4.79 Å². The van der Waals surface area contributed by atoms with E-state index in [0.29, 0.717) is 24.2 Å². The average Bonchev–Trinajstić information content (AvgIpc) is 2.95. The molecule has 1 aromatic rings. The molecule has 0 saturated carbocycles. The van der Waals surface area contributed by atoms with Crippen molar-refractivity contribution in [3.05, 3.63) is 12.4 Å². The predicted molar refractivity (Wildman–Crippen MR) is 85.9 cm³/mol. The third-order valence-electron chi connectivity index (χ3n) is 3.97. The fraction of sp³-hybridized carbons (Fsp3) is 0.733. The first-order valence-corrected chi connectivity index (χ1v) is 7.99. The van der Waals surface area contributed by atoms with Crippen molar-refractivity contribution in [3.8, 4) is 0 Å². The summed E-state index contributed by atoms with van der Waals surface area (Å²) in [5.41, 5.74) is 0.715. The normalized spacial score (nSPS) is 17.5. The van der Waals surface area contributed by atoms with Gasteiger partial charge in [0, 0.05) is 38.4 Å². The number of ether oxygens (including phenoxy) is 1. The third-order valence-corrected chi connectivity index (χ3v) is 3.97. The van der Waals surface area contributed by atoms with Gasteiger partial charge in [-0.15, -0.1) is 0 Å². The van der Waals surface area contributed by atoms with Crippen molar-refractivity contribution in [1.29, 1.82) is 0 Å². The summed E-state index contributed by atoms with van der Waals surface area (Å²) >= 11 is 0. The highest BCUT2D eigenvalue weighted by atomic mass is 16.5. The Kier molecular flexibility index (Phi) is 6.21. The Hall–Kier alpha value is -1.60. The number of amides is 2. The van der Waals surface area contributed by atoms with Crippen LogP contribution >= 0.6 is 0 Å². The Labute approximate surface area is 132 Å². The SMILES string of the molecule is CCn1cc(NC(=O)NC[C@H](C(C)C)N2CCOCC2)cn1. The van der Waals surface area contributed by atoms with E-state index in [4.69, 9.17) is 4.74 Å². The maximum atomic E-state index is 12.0. The molecule has 124 valence electrons. The summed E-state index contributed by atoms with van der Waals surface area (Å²) in [5, 5.41) is 9.92. The second-order valence-electron chi connectivity index (χ2n) is 5.88. The fourth-order valence-corrected chi connectivity index (χ4v) is 2.67. The highest BCUT2D eigenvalue weighted by Crippen LogP contribution is 2.12. The van der Waals surface area contributed by atoms with E-state index in [1.54, 1.807) is 10.9 Å². The van der Waals surface area contributed by atoms with Gasteiger partial charge in [-0.1, -0.05) is 13.8 Å².